The third-order valence-electron chi connectivity index (χ3n) is 6.64. The predicted octanol–water partition coefficient (Wildman–Crippen LogP) is 4.05. The quantitative estimate of drug-likeness (QED) is 0.613. The van der Waals surface area contributed by atoms with Gasteiger partial charge in [-0.25, -0.2) is 0 Å². The number of benzene rings is 2. The average Bonchev–Trinajstić information content (AvgIpc) is 2.85. The highest BCUT2D eigenvalue weighted by Gasteiger charge is 2.32. The predicted molar refractivity (Wildman–Crippen MR) is 134 cm³/mol. The fourth-order valence-electron chi connectivity index (χ4n) is 4.39. The molecule has 0 saturated carbocycles. The number of hydrogen-bond donors (Lipinski definition) is 1. The molecule has 6 nitrogen and oxygen atoms in total. The number of amides is 1. The molecule has 1 amide bonds. The Morgan fingerprint density at radius 1 is 1.14 bits per heavy atom. The number of aliphatic hydroxyl groups is 1. The molecule has 0 aliphatic carbocycles. The van der Waals surface area contributed by atoms with Gasteiger partial charge in [0, 0.05) is 50.9 Å². The van der Waals surface area contributed by atoms with Crippen LogP contribution in [-0.4, -0.2) is 73.8 Å². The van der Waals surface area contributed by atoms with Crippen molar-refractivity contribution < 1.29 is 27.8 Å². The van der Waals surface area contributed by atoms with Crippen LogP contribution in [0.1, 0.15) is 30.5 Å². The van der Waals surface area contributed by atoms with Crippen LogP contribution >= 0.6 is 0 Å². The summed E-state index contributed by atoms with van der Waals surface area (Å²) in [6.45, 7) is 5.09. The highest BCUT2D eigenvalue weighted by Crippen LogP contribution is 2.31. The van der Waals surface area contributed by atoms with Gasteiger partial charge in [0.05, 0.1) is 24.6 Å². The first-order valence-electron chi connectivity index (χ1n) is 12.1. The van der Waals surface area contributed by atoms with Crippen LogP contribution in [0, 0.1) is 5.92 Å². The van der Waals surface area contributed by atoms with Crippen LogP contribution in [0.2, 0.25) is 0 Å². The number of aliphatic hydroxyl groups excluding tert-OH is 1. The van der Waals surface area contributed by atoms with Crippen LogP contribution in [0.25, 0.3) is 0 Å². The van der Waals surface area contributed by atoms with E-state index in [-0.39, 0.29) is 37.0 Å². The Bertz CT molecular complexity index is 1030. The first kappa shape index (κ1) is 27.8. The van der Waals surface area contributed by atoms with Gasteiger partial charge in [-0.15, -0.1) is 0 Å². The molecule has 0 radical (unpaired) electrons. The first-order chi connectivity index (χ1) is 16.9. The van der Waals surface area contributed by atoms with Gasteiger partial charge in [0.25, 0.3) is 0 Å². The van der Waals surface area contributed by atoms with Crippen LogP contribution in [0.15, 0.2) is 42.5 Å². The number of nitrogens with zero attached hydrogens (tertiary/aromatic N) is 3. The van der Waals surface area contributed by atoms with Crippen LogP contribution in [-0.2, 0) is 23.9 Å². The molecule has 0 bridgehead atoms. The van der Waals surface area contributed by atoms with E-state index < -0.39 is 11.7 Å². The summed E-state index contributed by atoms with van der Waals surface area (Å²) in [5.74, 6) is 0.521. The number of alkyl halides is 3. The van der Waals surface area contributed by atoms with Gasteiger partial charge in [-0.2, -0.15) is 13.2 Å². The molecule has 0 unspecified atom stereocenters. The third-order valence-corrected chi connectivity index (χ3v) is 6.64. The summed E-state index contributed by atoms with van der Waals surface area (Å²) in [6, 6.07) is 10.6. The molecule has 1 heterocycles. The van der Waals surface area contributed by atoms with E-state index >= 15 is 0 Å². The number of ether oxygens (including phenoxy) is 1. The minimum absolute atomic E-state index is 0.0579. The van der Waals surface area contributed by atoms with Crippen LogP contribution in [0.3, 0.4) is 0 Å². The molecule has 1 N–H and O–H groups in total. The number of carbonyl (C=O) groups excluding carboxylic acids is 1. The lowest BCUT2D eigenvalue weighted by Gasteiger charge is -2.34. The number of likely N-dealkylation sites (N-methyl/N-ethyl adjacent to an activating group) is 1. The Hall–Kier alpha value is -2.78. The monoisotopic (exact) mass is 507 g/mol. The molecular formula is C27H36F3N3O3. The average molecular weight is 508 g/mol. The highest BCUT2D eigenvalue weighted by molar-refractivity contribution is 5.80. The zero-order valence-corrected chi connectivity index (χ0v) is 21.5. The highest BCUT2D eigenvalue weighted by atomic mass is 19.4. The van der Waals surface area contributed by atoms with Gasteiger partial charge in [-0.1, -0.05) is 19.1 Å². The molecule has 1 aliphatic rings. The number of hydrogen-bond acceptors (Lipinski definition) is 5. The molecule has 0 aromatic heterocycles. The second kappa shape index (κ2) is 11.5. The van der Waals surface area contributed by atoms with Crippen molar-refractivity contribution in [1.82, 2.24) is 9.80 Å². The molecule has 198 valence electrons. The number of anilines is 1. The Morgan fingerprint density at radius 2 is 1.81 bits per heavy atom. The van der Waals surface area contributed by atoms with Gasteiger partial charge in [0.15, 0.2) is 0 Å². The van der Waals surface area contributed by atoms with Crippen molar-refractivity contribution in [2.24, 2.45) is 5.92 Å². The lowest BCUT2D eigenvalue weighted by molar-refractivity contribution is -0.137. The molecule has 3 rings (SSSR count). The number of halogens is 3. The van der Waals surface area contributed by atoms with E-state index in [4.69, 9.17) is 4.74 Å². The maximum Gasteiger partial charge on any atom is 0.416 e. The molecule has 36 heavy (non-hydrogen) atoms. The standard InChI is InChI=1S/C27H36F3N3O3/c1-18-14-33(19(2)17-34)26(35)13-21-12-23(31(3)4)10-11-24(21)36-25(18)16-32(5)15-20-6-8-22(9-7-20)27(28,29)30/h6-12,18-19,25,34H,13-17H2,1-5H3/t18-,19-,25+/m0/s1. The zero-order chi connectivity index (χ0) is 26.6. The molecule has 0 saturated heterocycles. The van der Waals surface area contributed by atoms with E-state index in [1.807, 2.05) is 63.0 Å². The summed E-state index contributed by atoms with van der Waals surface area (Å²) >= 11 is 0. The van der Waals surface area contributed by atoms with E-state index in [0.717, 1.165) is 28.9 Å². The Balaban J connectivity index is 1.85. The minimum Gasteiger partial charge on any atom is -0.488 e. The second-order valence-corrected chi connectivity index (χ2v) is 9.97. The van der Waals surface area contributed by atoms with Crippen molar-refractivity contribution >= 4 is 11.6 Å². The van der Waals surface area contributed by atoms with Gasteiger partial charge in [0.1, 0.15) is 11.9 Å². The maximum atomic E-state index is 13.2. The fraction of sp³-hybridized carbons (Fsp3) is 0.519. The largest absolute Gasteiger partial charge is 0.488 e. The fourth-order valence-corrected chi connectivity index (χ4v) is 4.39. The SMILES string of the molecule is C[C@H]1CN([C@@H](C)CO)C(=O)Cc2cc(N(C)C)ccc2O[C@@H]1CN(C)Cc1ccc(C(F)(F)F)cc1. The molecule has 9 heteroatoms. The van der Waals surface area contributed by atoms with Crippen molar-refractivity contribution in [1.29, 1.82) is 0 Å². The van der Waals surface area contributed by atoms with Gasteiger partial charge < -0.3 is 19.6 Å². The summed E-state index contributed by atoms with van der Waals surface area (Å²) in [7, 11) is 5.76. The zero-order valence-electron chi connectivity index (χ0n) is 21.5. The van der Waals surface area contributed by atoms with Crippen LogP contribution in [0.4, 0.5) is 18.9 Å². The Morgan fingerprint density at radius 3 is 2.39 bits per heavy atom. The summed E-state index contributed by atoms with van der Waals surface area (Å²) in [6.07, 6.45) is -4.48. The molecule has 0 fully saturated rings. The van der Waals surface area contributed by atoms with Crippen LogP contribution < -0.4 is 9.64 Å². The molecular weight excluding hydrogens is 471 g/mol. The van der Waals surface area contributed by atoms with Gasteiger partial charge in [-0.05, 0) is 49.9 Å². The Kier molecular flexibility index (Phi) is 8.89. The molecule has 0 spiro atoms. The van der Waals surface area contributed by atoms with Gasteiger partial charge >= 0.3 is 6.18 Å². The van der Waals surface area contributed by atoms with Crippen molar-refractivity contribution in [3.8, 4) is 5.75 Å². The summed E-state index contributed by atoms with van der Waals surface area (Å²) in [4.78, 5) is 18.9. The summed E-state index contributed by atoms with van der Waals surface area (Å²) < 4.78 is 45.2. The molecule has 1 aliphatic heterocycles. The summed E-state index contributed by atoms with van der Waals surface area (Å²) in [5, 5.41) is 9.77. The van der Waals surface area contributed by atoms with E-state index in [9.17, 15) is 23.1 Å². The summed E-state index contributed by atoms with van der Waals surface area (Å²) in [5.41, 5.74) is 1.84. The Labute approximate surface area is 211 Å². The lowest BCUT2D eigenvalue weighted by Crippen LogP contribution is -2.47. The number of rotatable bonds is 7. The van der Waals surface area contributed by atoms with Crippen LogP contribution in [0.5, 0.6) is 5.75 Å². The van der Waals surface area contributed by atoms with Crippen molar-refractivity contribution in [2.75, 3.05) is 45.7 Å². The molecule has 2 aromatic rings. The van der Waals surface area contributed by atoms with Crippen molar-refractivity contribution in [3.63, 3.8) is 0 Å². The van der Waals surface area contributed by atoms with Crippen molar-refractivity contribution in [2.45, 2.75) is 45.1 Å². The van der Waals surface area contributed by atoms with E-state index in [1.165, 1.54) is 12.1 Å². The van der Waals surface area contributed by atoms with Gasteiger partial charge in [-0.3, -0.25) is 9.69 Å². The smallest absolute Gasteiger partial charge is 0.416 e. The van der Waals surface area contributed by atoms with Crippen molar-refractivity contribution in [3.05, 3.63) is 59.2 Å². The first-order valence-corrected chi connectivity index (χ1v) is 12.1. The molecule has 2 aromatic carbocycles. The number of fused-ring (bicyclic) bond motifs is 1. The van der Waals surface area contributed by atoms with E-state index in [0.29, 0.717) is 25.4 Å². The van der Waals surface area contributed by atoms with Gasteiger partial charge in [0.2, 0.25) is 5.91 Å². The van der Waals surface area contributed by atoms with E-state index in [1.54, 1.807) is 4.90 Å². The number of carbonyl (C=O) groups is 1. The van der Waals surface area contributed by atoms with E-state index in [2.05, 4.69) is 0 Å². The third kappa shape index (κ3) is 6.91. The normalized spacial score (nSPS) is 19.7. The topological polar surface area (TPSA) is 56.3 Å². The lowest BCUT2D eigenvalue weighted by atomic mass is 10.0. The second-order valence-electron chi connectivity index (χ2n) is 9.97. The molecule has 3 atom stereocenters. The minimum atomic E-state index is -4.36. The maximum absolute atomic E-state index is 13.2.